The SMILES string of the molecule is CCNCc1ccc(OCCCS(C)(=O)=O)c([N+](=O)[O-])c1. The Labute approximate surface area is 124 Å². The Bertz CT molecular complexity index is 586. The number of nitrogens with zero attached hydrogens (tertiary/aromatic N) is 1. The Morgan fingerprint density at radius 3 is 2.67 bits per heavy atom. The zero-order valence-corrected chi connectivity index (χ0v) is 13.0. The lowest BCUT2D eigenvalue weighted by molar-refractivity contribution is -0.385. The number of nitrogens with one attached hydrogen (secondary N) is 1. The predicted molar refractivity (Wildman–Crippen MR) is 80.3 cm³/mol. The zero-order valence-electron chi connectivity index (χ0n) is 12.2. The minimum atomic E-state index is -3.04. The van der Waals surface area contributed by atoms with Crippen LogP contribution in [0.15, 0.2) is 18.2 Å². The van der Waals surface area contributed by atoms with E-state index in [1.807, 2.05) is 6.92 Å². The van der Waals surface area contributed by atoms with Gasteiger partial charge in [-0.1, -0.05) is 13.0 Å². The number of benzene rings is 1. The molecule has 0 unspecified atom stereocenters. The molecule has 1 rings (SSSR count). The van der Waals surface area contributed by atoms with Crippen LogP contribution >= 0.6 is 0 Å². The molecule has 7 nitrogen and oxygen atoms in total. The third-order valence-electron chi connectivity index (χ3n) is 2.72. The fourth-order valence-electron chi connectivity index (χ4n) is 1.71. The average molecular weight is 316 g/mol. The van der Waals surface area contributed by atoms with E-state index in [9.17, 15) is 18.5 Å². The van der Waals surface area contributed by atoms with Crippen LogP contribution in [0.4, 0.5) is 5.69 Å². The first-order valence-electron chi connectivity index (χ1n) is 6.62. The third-order valence-corrected chi connectivity index (χ3v) is 3.75. The molecule has 0 aliphatic carbocycles. The number of ether oxygens (including phenoxy) is 1. The molecule has 8 heteroatoms. The molecule has 0 saturated carbocycles. The van der Waals surface area contributed by atoms with Crippen LogP contribution in [0.5, 0.6) is 5.75 Å². The average Bonchev–Trinajstić information content (AvgIpc) is 2.40. The highest BCUT2D eigenvalue weighted by atomic mass is 32.2. The lowest BCUT2D eigenvalue weighted by Gasteiger charge is -2.08. The van der Waals surface area contributed by atoms with Gasteiger partial charge in [0.05, 0.1) is 17.3 Å². The maximum absolute atomic E-state index is 11.0. The van der Waals surface area contributed by atoms with Crippen molar-refractivity contribution in [2.24, 2.45) is 0 Å². The van der Waals surface area contributed by atoms with Crippen LogP contribution in [-0.4, -0.2) is 38.5 Å². The zero-order chi connectivity index (χ0) is 15.9. The second-order valence-electron chi connectivity index (χ2n) is 4.67. The molecule has 21 heavy (non-hydrogen) atoms. The van der Waals surface area contributed by atoms with Gasteiger partial charge in [0, 0.05) is 18.9 Å². The summed E-state index contributed by atoms with van der Waals surface area (Å²) >= 11 is 0. The van der Waals surface area contributed by atoms with Crippen LogP contribution < -0.4 is 10.1 Å². The van der Waals surface area contributed by atoms with Gasteiger partial charge in [0.15, 0.2) is 5.75 Å². The highest BCUT2D eigenvalue weighted by molar-refractivity contribution is 7.90. The second kappa shape index (κ2) is 7.94. The third kappa shape index (κ3) is 6.54. The van der Waals surface area contributed by atoms with Crippen molar-refractivity contribution in [1.29, 1.82) is 0 Å². The van der Waals surface area contributed by atoms with Gasteiger partial charge in [-0.25, -0.2) is 8.42 Å². The van der Waals surface area contributed by atoms with Crippen molar-refractivity contribution in [3.63, 3.8) is 0 Å². The maximum atomic E-state index is 11.0. The summed E-state index contributed by atoms with van der Waals surface area (Å²) < 4.78 is 27.3. The van der Waals surface area contributed by atoms with Crippen LogP contribution in [-0.2, 0) is 16.4 Å². The topological polar surface area (TPSA) is 98.5 Å². The highest BCUT2D eigenvalue weighted by Crippen LogP contribution is 2.28. The van der Waals surface area contributed by atoms with Crippen molar-refractivity contribution < 1.29 is 18.1 Å². The van der Waals surface area contributed by atoms with Crippen LogP contribution in [0.2, 0.25) is 0 Å². The second-order valence-corrected chi connectivity index (χ2v) is 6.93. The van der Waals surface area contributed by atoms with Crippen LogP contribution in [0.25, 0.3) is 0 Å². The fraction of sp³-hybridized carbons (Fsp3) is 0.538. The van der Waals surface area contributed by atoms with E-state index in [-0.39, 0.29) is 23.8 Å². The van der Waals surface area contributed by atoms with Crippen molar-refractivity contribution in [3.8, 4) is 5.75 Å². The van der Waals surface area contributed by atoms with Crippen molar-refractivity contribution in [3.05, 3.63) is 33.9 Å². The van der Waals surface area contributed by atoms with E-state index in [1.54, 1.807) is 12.1 Å². The molecule has 0 saturated heterocycles. The fourth-order valence-corrected chi connectivity index (χ4v) is 2.35. The molecule has 0 aliphatic heterocycles. The molecular weight excluding hydrogens is 296 g/mol. The Morgan fingerprint density at radius 1 is 1.38 bits per heavy atom. The summed E-state index contributed by atoms with van der Waals surface area (Å²) in [5.41, 5.74) is 0.691. The van der Waals surface area contributed by atoms with E-state index in [2.05, 4.69) is 5.32 Å². The monoisotopic (exact) mass is 316 g/mol. The van der Waals surface area contributed by atoms with Crippen LogP contribution in [0.1, 0.15) is 18.9 Å². The first-order chi connectivity index (χ1) is 9.83. The number of rotatable bonds is 9. The van der Waals surface area contributed by atoms with Gasteiger partial charge in [-0.05, 0) is 24.6 Å². The Balaban J connectivity index is 2.70. The van der Waals surface area contributed by atoms with Crippen molar-refractivity contribution >= 4 is 15.5 Å². The van der Waals surface area contributed by atoms with Crippen molar-refractivity contribution in [2.75, 3.05) is 25.2 Å². The predicted octanol–water partition coefficient (Wildman–Crippen LogP) is 1.52. The summed E-state index contributed by atoms with van der Waals surface area (Å²) in [6, 6.07) is 4.77. The maximum Gasteiger partial charge on any atom is 0.311 e. The van der Waals surface area contributed by atoms with Gasteiger partial charge in [0.1, 0.15) is 9.84 Å². The molecule has 0 atom stereocenters. The van der Waals surface area contributed by atoms with E-state index >= 15 is 0 Å². The lowest BCUT2D eigenvalue weighted by Crippen LogP contribution is -2.12. The molecule has 0 spiro atoms. The number of nitro groups is 1. The van der Waals surface area contributed by atoms with Gasteiger partial charge in [0.2, 0.25) is 0 Å². The number of hydrogen-bond acceptors (Lipinski definition) is 6. The van der Waals surface area contributed by atoms with Crippen LogP contribution in [0.3, 0.4) is 0 Å². The van der Waals surface area contributed by atoms with E-state index in [4.69, 9.17) is 4.74 Å². The molecule has 118 valence electrons. The van der Waals surface area contributed by atoms with Gasteiger partial charge in [0.25, 0.3) is 0 Å². The van der Waals surface area contributed by atoms with Gasteiger partial charge in [-0.2, -0.15) is 0 Å². The standard InChI is InChI=1S/C13H20N2O5S/c1-3-14-10-11-5-6-13(12(9-11)15(16)17)20-7-4-8-21(2,18)19/h5-6,9,14H,3-4,7-8,10H2,1-2H3. The van der Waals surface area contributed by atoms with E-state index in [0.29, 0.717) is 13.0 Å². The molecule has 0 aromatic heterocycles. The minimum absolute atomic E-state index is 0.000693. The molecular formula is C13H20N2O5S. The molecule has 0 fully saturated rings. The molecule has 1 N–H and O–H groups in total. The Hall–Kier alpha value is -1.67. The molecule has 0 bridgehead atoms. The van der Waals surface area contributed by atoms with E-state index in [1.165, 1.54) is 6.07 Å². The van der Waals surface area contributed by atoms with E-state index < -0.39 is 14.8 Å². The first-order valence-corrected chi connectivity index (χ1v) is 8.68. The summed E-state index contributed by atoms with van der Waals surface area (Å²) in [7, 11) is -3.04. The van der Waals surface area contributed by atoms with Crippen LogP contribution in [0, 0.1) is 10.1 Å². The highest BCUT2D eigenvalue weighted by Gasteiger charge is 2.16. The summed E-state index contributed by atoms with van der Waals surface area (Å²) in [6.07, 6.45) is 1.44. The number of hydrogen-bond donors (Lipinski definition) is 1. The molecule has 0 aliphatic rings. The largest absolute Gasteiger partial charge is 0.487 e. The molecule has 1 aromatic carbocycles. The van der Waals surface area contributed by atoms with Gasteiger partial charge in [-0.3, -0.25) is 10.1 Å². The quantitative estimate of drug-likeness (QED) is 0.421. The van der Waals surface area contributed by atoms with E-state index in [0.717, 1.165) is 18.4 Å². The Kier molecular flexibility index (Phi) is 6.57. The van der Waals surface area contributed by atoms with Crippen molar-refractivity contribution in [1.82, 2.24) is 5.32 Å². The molecule has 0 amide bonds. The summed E-state index contributed by atoms with van der Waals surface area (Å²) in [6.45, 7) is 3.40. The Morgan fingerprint density at radius 2 is 2.10 bits per heavy atom. The van der Waals surface area contributed by atoms with Gasteiger partial charge < -0.3 is 10.1 Å². The minimum Gasteiger partial charge on any atom is -0.487 e. The number of sulfone groups is 1. The molecule has 1 aromatic rings. The molecule has 0 radical (unpaired) electrons. The smallest absolute Gasteiger partial charge is 0.311 e. The van der Waals surface area contributed by atoms with Crippen molar-refractivity contribution in [2.45, 2.75) is 19.9 Å². The normalized spacial score (nSPS) is 11.3. The first kappa shape index (κ1) is 17.4. The molecule has 0 heterocycles. The van der Waals surface area contributed by atoms with Gasteiger partial charge >= 0.3 is 5.69 Å². The lowest BCUT2D eigenvalue weighted by atomic mass is 10.2. The van der Waals surface area contributed by atoms with Gasteiger partial charge in [-0.15, -0.1) is 0 Å². The number of nitro benzene ring substituents is 1. The summed E-state index contributed by atoms with van der Waals surface area (Å²) in [5, 5.41) is 14.1. The summed E-state index contributed by atoms with van der Waals surface area (Å²) in [5.74, 6) is 0.160. The summed E-state index contributed by atoms with van der Waals surface area (Å²) in [4.78, 5) is 10.6.